The summed E-state index contributed by atoms with van der Waals surface area (Å²) in [6.07, 6.45) is 6.36. The van der Waals surface area contributed by atoms with E-state index in [0.717, 1.165) is 24.3 Å². The molecule has 2 amide bonds. The first kappa shape index (κ1) is 20.0. The number of aromatic nitrogens is 1. The molecule has 144 valence electrons. The van der Waals surface area contributed by atoms with Crippen molar-refractivity contribution in [1.82, 2.24) is 15.2 Å². The SMILES string of the molecule is CC1CCC(Oc2cc(CNC(=O)N(C)CC(C)C(=O)O)ccn2)CC1. The number of aliphatic carboxylic acids is 1. The van der Waals surface area contributed by atoms with E-state index in [1.807, 2.05) is 12.1 Å². The molecule has 1 unspecified atom stereocenters. The quantitative estimate of drug-likeness (QED) is 0.777. The topological polar surface area (TPSA) is 91.8 Å². The molecule has 0 aromatic carbocycles. The van der Waals surface area contributed by atoms with Crippen molar-refractivity contribution in [2.75, 3.05) is 13.6 Å². The van der Waals surface area contributed by atoms with E-state index in [2.05, 4.69) is 17.2 Å². The molecule has 0 radical (unpaired) electrons. The van der Waals surface area contributed by atoms with Crippen molar-refractivity contribution in [2.45, 2.75) is 52.2 Å². The number of nitrogens with one attached hydrogen (secondary N) is 1. The molecule has 7 nitrogen and oxygen atoms in total. The first-order valence-electron chi connectivity index (χ1n) is 9.18. The molecule has 0 bridgehead atoms. The van der Waals surface area contributed by atoms with Crippen molar-refractivity contribution in [1.29, 1.82) is 0 Å². The number of ether oxygens (including phenoxy) is 1. The molecular weight excluding hydrogens is 334 g/mol. The molecule has 0 aliphatic heterocycles. The van der Waals surface area contributed by atoms with Gasteiger partial charge in [-0.15, -0.1) is 0 Å². The average Bonchev–Trinajstić information content (AvgIpc) is 2.61. The Morgan fingerprint density at radius 2 is 2.08 bits per heavy atom. The number of hydrogen-bond acceptors (Lipinski definition) is 4. The van der Waals surface area contributed by atoms with Gasteiger partial charge in [0, 0.05) is 32.4 Å². The lowest BCUT2D eigenvalue weighted by Gasteiger charge is -2.26. The van der Waals surface area contributed by atoms with Gasteiger partial charge in [-0.2, -0.15) is 0 Å². The summed E-state index contributed by atoms with van der Waals surface area (Å²) in [6, 6.07) is 3.37. The number of rotatable bonds is 7. The third-order valence-corrected chi connectivity index (χ3v) is 4.81. The number of carboxylic acid groups (broad SMARTS) is 1. The third-order valence-electron chi connectivity index (χ3n) is 4.81. The molecule has 1 aromatic rings. The van der Waals surface area contributed by atoms with Gasteiger partial charge in [-0.05, 0) is 43.2 Å². The summed E-state index contributed by atoms with van der Waals surface area (Å²) in [5.41, 5.74) is 0.896. The summed E-state index contributed by atoms with van der Waals surface area (Å²) in [5.74, 6) is -0.170. The number of carboxylic acids is 1. The Morgan fingerprint density at radius 1 is 1.38 bits per heavy atom. The first-order valence-corrected chi connectivity index (χ1v) is 9.18. The van der Waals surface area contributed by atoms with Crippen LogP contribution in [0.25, 0.3) is 0 Å². The maximum absolute atomic E-state index is 12.1. The van der Waals surface area contributed by atoms with Crippen molar-refractivity contribution < 1.29 is 19.4 Å². The Balaban J connectivity index is 1.82. The summed E-state index contributed by atoms with van der Waals surface area (Å²) >= 11 is 0. The molecular formula is C19H29N3O4. The van der Waals surface area contributed by atoms with Gasteiger partial charge >= 0.3 is 12.0 Å². The number of carbonyl (C=O) groups excluding carboxylic acids is 1. The fourth-order valence-electron chi connectivity index (χ4n) is 3.03. The molecule has 7 heteroatoms. The van der Waals surface area contributed by atoms with Crippen molar-refractivity contribution in [3.8, 4) is 5.88 Å². The second-order valence-corrected chi connectivity index (χ2v) is 7.28. The number of nitrogens with zero attached hydrogens (tertiary/aromatic N) is 2. The van der Waals surface area contributed by atoms with Crippen LogP contribution in [-0.4, -0.2) is 46.7 Å². The molecule has 1 aliphatic rings. The normalized spacial score (nSPS) is 20.9. The van der Waals surface area contributed by atoms with Gasteiger partial charge in [-0.3, -0.25) is 4.79 Å². The van der Waals surface area contributed by atoms with Crippen LogP contribution in [-0.2, 0) is 11.3 Å². The minimum absolute atomic E-state index is 0.159. The van der Waals surface area contributed by atoms with E-state index < -0.39 is 11.9 Å². The van der Waals surface area contributed by atoms with E-state index in [9.17, 15) is 9.59 Å². The number of hydrogen-bond donors (Lipinski definition) is 2. The molecule has 1 heterocycles. The minimum Gasteiger partial charge on any atom is -0.481 e. The largest absolute Gasteiger partial charge is 0.481 e. The van der Waals surface area contributed by atoms with Crippen LogP contribution in [0.3, 0.4) is 0 Å². The predicted molar refractivity (Wildman–Crippen MR) is 98.0 cm³/mol. The van der Waals surface area contributed by atoms with Crippen LogP contribution in [0.2, 0.25) is 0 Å². The zero-order valence-corrected chi connectivity index (χ0v) is 15.8. The van der Waals surface area contributed by atoms with Gasteiger partial charge in [0.05, 0.1) is 5.92 Å². The van der Waals surface area contributed by atoms with Crippen LogP contribution in [0.15, 0.2) is 18.3 Å². The Kier molecular flexibility index (Phi) is 7.24. The van der Waals surface area contributed by atoms with E-state index >= 15 is 0 Å². The Hall–Kier alpha value is -2.31. The molecule has 1 fully saturated rings. The van der Waals surface area contributed by atoms with Crippen molar-refractivity contribution in [3.05, 3.63) is 23.9 Å². The van der Waals surface area contributed by atoms with Gasteiger partial charge in [0.25, 0.3) is 0 Å². The Labute approximate surface area is 154 Å². The summed E-state index contributed by atoms with van der Waals surface area (Å²) in [7, 11) is 1.58. The standard InChI is InChI=1S/C19H29N3O4/c1-13-4-6-16(7-5-13)26-17-10-15(8-9-20-17)11-21-19(25)22(3)12-14(2)18(23)24/h8-10,13-14,16H,4-7,11-12H2,1-3H3,(H,21,25)(H,23,24). The summed E-state index contributed by atoms with van der Waals surface area (Å²) in [4.78, 5) is 28.6. The Bertz CT molecular complexity index is 615. The van der Waals surface area contributed by atoms with Gasteiger partial charge in [-0.1, -0.05) is 13.8 Å². The molecule has 0 saturated heterocycles. The second kappa shape index (κ2) is 9.40. The van der Waals surface area contributed by atoms with Gasteiger partial charge in [-0.25, -0.2) is 9.78 Å². The molecule has 2 N–H and O–H groups in total. The number of urea groups is 1. The smallest absolute Gasteiger partial charge is 0.317 e. The number of carbonyl (C=O) groups is 2. The van der Waals surface area contributed by atoms with E-state index in [0.29, 0.717) is 12.4 Å². The molecule has 1 aromatic heterocycles. The highest BCUT2D eigenvalue weighted by molar-refractivity contribution is 5.75. The van der Waals surface area contributed by atoms with Gasteiger partial charge < -0.3 is 20.1 Å². The minimum atomic E-state index is -0.919. The highest BCUT2D eigenvalue weighted by atomic mass is 16.5. The van der Waals surface area contributed by atoms with Crippen LogP contribution >= 0.6 is 0 Å². The van der Waals surface area contributed by atoms with E-state index in [4.69, 9.17) is 9.84 Å². The highest BCUT2D eigenvalue weighted by Gasteiger charge is 2.20. The zero-order chi connectivity index (χ0) is 19.1. The van der Waals surface area contributed by atoms with Crippen LogP contribution in [0.1, 0.15) is 45.1 Å². The third kappa shape index (κ3) is 6.20. The molecule has 1 aliphatic carbocycles. The molecule has 2 rings (SSSR count). The molecule has 0 spiro atoms. The summed E-state index contributed by atoms with van der Waals surface area (Å²) < 4.78 is 5.98. The van der Waals surface area contributed by atoms with Crippen molar-refractivity contribution in [3.63, 3.8) is 0 Å². The maximum atomic E-state index is 12.1. The van der Waals surface area contributed by atoms with Crippen LogP contribution in [0, 0.1) is 11.8 Å². The number of amides is 2. The van der Waals surface area contributed by atoms with E-state index in [-0.39, 0.29) is 18.7 Å². The molecule has 26 heavy (non-hydrogen) atoms. The lowest BCUT2D eigenvalue weighted by atomic mass is 9.89. The van der Waals surface area contributed by atoms with Gasteiger partial charge in [0.15, 0.2) is 0 Å². The van der Waals surface area contributed by atoms with Crippen LogP contribution in [0.4, 0.5) is 4.79 Å². The van der Waals surface area contributed by atoms with E-state index in [1.54, 1.807) is 20.2 Å². The fourth-order valence-corrected chi connectivity index (χ4v) is 3.03. The summed E-state index contributed by atoms with van der Waals surface area (Å²) in [5, 5.41) is 11.7. The highest BCUT2D eigenvalue weighted by Crippen LogP contribution is 2.26. The lowest BCUT2D eigenvalue weighted by Crippen LogP contribution is -2.40. The Morgan fingerprint density at radius 3 is 2.73 bits per heavy atom. The fraction of sp³-hybridized carbons (Fsp3) is 0.632. The average molecular weight is 363 g/mol. The zero-order valence-electron chi connectivity index (χ0n) is 15.8. The van der Waals surface area contributed by atoms with Crippen molar-refractivity contribution >= 4 is 12.0 Å². The lowest BCUT2D eigenvalue weighted by molar-refractivity contribution is -0.141. The first-order chi connectivity index (χ1) is 12.3. The van der Waals surface area contributed by atoms with Gasteiger partial charge in [0.2, 0.25) is 5.88 Å². The summed E-state index contributed by atoms with van der Waals surface area (Å²) in [6.45, 7) is 4.34. The second-order valence-electron chi connectivity index (χ2n) is 7.28. The van der Waals surface area contributed by atoms with Crippen LogP contribution < -0.4 is 10.1 Å². The van der Waals surface area contributed by atoms with Crippen molar-refractivity contribution in [2.24, 2.45) is 11.8 Å². The molecule has 1 saturated carbocycles. The van der Waals surface area contributed by atoms with Gasteiger partial charge in [0.1, 0.15) is 6.10 Å². The molecule has 1 atom stereocenters. The van der Waals surface area contributed by atoms with E-state index in [1.165, 1.54) is 17.7 Å². The number of pyridine rings is 1. The monoisotopic (exact) mass is 363 g/mol. The maximum Gasteiger partial charge on any atom is 0.317 e. The van der Waals surface area contributed by atoms with Crippen LogP contribution in [0.5, 0.6) is 5.88 Å². The predicted octanol–water partition coefficient (Wildman–Crippen LogP) is 2.90.